The van der Waals surface area contributed by atoms with Crippen molar-refractivity contribution < 1.29 is 18.3 Å². The molecule has 7 heteroatoms. The van der Waals surface area contributed by atoms with Crippen LogP contribution in [0.15, 0.2) is 48.3 Å². The smallest absolute Gasteiger partial charge is 0.260 e. The third-order valence-corrected chi connectivity index (χ3v) is 7.98. The lowest BCUT2D eigenvalue weighted by Crippen LogP contribution is -2.42. The van der Waals surface area contributed by atoms with Gasteiger partial charge in [-0.25, -0.2) is 0 Å². The topological polar surface area (TPSA) is 83.7 Å². The lowest BCUT2D eigenvalue weighted by atomic mass is 9.55. The zero-order chi connectivity index (χ0) is 21.4. The molecule has 31 heavy (non-hydrogen) atoms. The highest BCUT2D eigenvalue weighted by molar-refractivity contribution is 7.90. The fourth-order valence-electron chi connectivity index (χ4n) is 6.14. The molecule has 2 fully saturated rings. The normalized spacial score (nSPS) is 30.6. The number of rotatable bonds is 5. The number of nitrogens with zero attached hydrogens (tertiary/aromatic N) is 1. The summed E-state index contributed by atoms with van der Waals surface area (Å²) in [4.78, 5) is 21.6. The van der Waals surface area contributed by atoms with Gasteiger partial charge in [0.05, 0.1) is 0 Å². The number of aromatic nitrogens is 1. The van der Waals surface area contributed by atoms with E-state index in [0.29, 0.717) is 35.9 Å². The Morgan fingerprint density at radius 1 is 1.23 bits per heavy atom. The maximum Gasteiger partial charge on any atom is 0.260 e. The van der Waals surface area contributed by atoms with E-state index in [1.54, 1.807) is 12.4 Å². The predicted molar refractivity (Wildman–Crippen MR) is 118 cm³/mol. The quantitative estimate of drug-likeness (QED) is 0.232. The Morgan fingerprint density at radius 3 is 2.87 bits per heavy atom. The second-order valence-corrected chi connectivity index (χ2v) is 9.47. The van der Waals surface area contributed by atoms with Gasteiger partial charge in [0.1, 0.15) is 5.75 Å². The minimum atomic E-state index is -0.239. The number of fused-ring (bicyclic) bond motifs is 5. The summed E-state index contributed by atoms with van der Waals surface area (Å²) in [7, 11) is 0. The Bertz CT molecular complexity index is 1010. The molecule has 1 heterocycles. The molecule has 1 aromatic heterocycles. The first-order valence-corrected chi connectivity index (χ1v) is 11.4. The number of allylic oxidation sites excluding steroid dienone is 1. The van der Waals surface area contributed by atoms with Crippen LogP contribution in [0.2, 0.25) is 0 Å². The zero-order valence-electron chi connectivity index (χ0n) is 17.5. The first-order valence-electron chi connectivity index (χ1n) is 10.7. The average Bonchev–Trinajstić information content (AvgIpc) is 3.05. The van der Waals surface area contributed by atoms with Gasteiger partial charge < -0.3 is 4.18 Å². The Labute approximate surface area is 186 Å². The van der Waals surface area contributed by atoms with Crippen LogP contribution in [-0.4, -0.2) is 10.8 Å². The summed E-state index contributed by atoms with van der Waals surface area (Å²) in [5.74, 6) is 7.35. The fourth-order valence-corrected chi connectivity index (χ4v) is 6.38. The lowest BCUT2D eigenvalue weighted by Gasteiger charge is -2.48. The van der Waals surface area contributed by atoms with Crippen LogP contribution in [-0.2, 0) is 20.5 Å². The summed E-state index contributed by atoms with van der Waals surface area (Å²) < 4.78 is 9.97. The molecule has 2 aromatic rings. The van der Waals surface area contributed by atoms with E-state index in [1.807, 2.05) is 18.2 Å². The van der Waals surface area contributed by atoms with Crippen molar-refractivity contribution >= 4 is 24.2 Å². The first-order chi connectivity index (χ1) is 15.1. The Kier molecular flexibility index (Phi) is 5.60. The van der Waals surface area contributed by atoms with Crippen molar-refractivity contribution in [1.29, 1.82) is 0 Å². The van der Waals surface area contributed by atoms with Crippen molar-refractivity contribution in [1.82, 2.24) is 4.98 Å². The van der Waals surface area contributed by atoms with Gasteiger partial charge in [0, 0.05) is 17.8 Å². The zero-order valence-corrected chi connectivity index (χ0v) is 18.3. The Morgan fingerprint density at radius 2 is 2.06 bits per heavy atom. The van der Waals surface area contributed by atoms with Crippen LogP contribution < -0.4 is 10.1 Å². The van der Waals surface area contributed by atoms with E-state index in [-0.39, 0.29) is 5.41 Å². The summed E-state index contributed by atoms with van der Waals surface area (Å²) in [6, 6.07) is 10.2. The molecule has 6 nitrogen and oxygen atoms in total. The largest absolute Gasteiger partial charge is 0.399 e. The number of hydrogen-bond donors (Lipinski definition) is 1. The van der Waals surface area contributed by atoms with Crippen LogP contribution >= 0.6 is 12.3 Å². The van der Waals surface area contributed by atoms with Crippen LogP contribution in [0.3, 0.4) is 0 Å². The van der Waals surface area contributed by atoms with E-state index in [9.17, 15) is 4.79 Å². The molecule has 162 valence electrons. The van der Waals surface area contributed by atoms with Crippen LogP contribution in [0.1, 0.15) is 55.2 Å². The highest BCUT2D eigenvalue weighted by Gasteiger charge is 2.56. The van der Waals surface area contributed by atoms with Gasteiger partial charge in [-0.1, -0.05) is 13.0 Å². The number of carbonyl (C=O) groups excluding carboxylic acids is 1. The minimum Gasteiger partial charge on any atom is -0.399 e. The van der Waals surface area contributed by atoms with Gasteiger partial charge in [0.15, 0.2) is 5.78 Å². The van der Waals surface area contributed by atoms with E-state index in [2.05, 4.69) is 39.4 Å². The molecular formula is C24H26N2O4S. The third kappa shape index (κ3) is 3.69. The number of benzene rings is 1. The Balaban J connectivity index is 1.39. The second kappa shape index (κ2) is 8.39. The van der Waals surface area contributed by atoms with Gasteiger partial charge in [0.25, 0.3) is 12.3 Å². The van der Waals surface area contributed by atoms with Gasteiger partial charge in [0.2, 0.25) is 0 Å². The molecule has 3 aliphatic carbocycles. The number of Topliss-reactive ketones (excluding diaryl/α,β-unsaturated/α-hetero) is 1. The second-order valence-electron chi connectivity index (χ2n) is 9.03. The number of carbonyl (C=O) groups is 1. The predicted octanol–water partition coefficient (Wildman–Crippen LogP) is 4.96. The molecule has 2 N–H and O–H groups in total. The number of pyridine rings is 1. The lowest BCUT2D eigenvalue weighted by molar-refractivity contribution is -0.199. The van der Waals surface area contributed by atoms with Crippen LogP contribution in [0.5, 0.6) is 5.75 Å². The van der Waals surface area contributed by atoms with Gasteiger partial charge in [-0.05, 0) is 102 Å². The van der Waals surface area contributed by atoms with Crippen molar-refractivity contribution in [2.24, 2.45) is 23.1 Å². The van der Waals surface area contributed by atoms with Gasteiger partial charge in [-0.15, -0.1) is 9.32 Å². The van der Waals surface area contributed by atoms with Crippen molar-refractivity contribution in [3.05, 3.63) is 65.0 Å². The first kappa shape index (κ1) is 20.7. The van der Waals surface area contributed by atoms with Crippen molar-refractivity contribution in [2.45, 2.75) is 44.9 Å². The standard InChI is InChI=1S/C24H26N2O4S/c1-24-9-6-20-19-5-3-18(28-31-30-29-25)13-16(19)2-4-21(20)22(24)14-17(23(24)27)12-15-7-10-26-11-8-15/h3,5,7-8,10-13,20-22H,2,4,6,9,14,25H2,1H3/b17-12+/t20?,21?,22?,24-/m0/s1. The van der Waals surface area contributed by atoms with Crippen molar-refractivity contribution in [3.8, 4) is 5.75 Å². The number of ketones is 1. The summed E-state index contributed by atoms with van der Waals surface area (Å²) in [5, 5.41) is 0. The maximum atomic E-state index is 13.4. The number of hydrogen-bond acceptors (Lipinski definition) is 7. The fraction of sp³-hybridized carbons (Fsp3) is 0.417. The molecule has 0 radical (unpaired) electrons. The number of aryl methyl sites for hydroxylation is 1. The van der Waals surface area contributed by atoms with Crippen LogP contribution in [0.25, 0.3) is 6.08 Å². The van der Waals surface area contributed by atoms with Crippen LogP contribution in [0, 0.1) is 17.3 Å². The molecule has 2 saturated carbocycles. The molecule has 0 saturated heterocycles. The molecule has 1 aromatic carbocycles. The monoisotopic (exact) mass is 438 g/mol. The maximum absolute atomic E-state index is 13.4. The van der Waals surface area contributed by atoms with E-state index < -0.39 is 0 Å². The minimum absolute atomic E-state index is 0.239. The molecule has 3 unspecified atom stereocenters. The molecular weight excluding hydrogens is 412 g/mol. The summed E-state index contributed by atoms with van der Waals surface area (Å²) in [6.45, 7) is 2.20. The molecule has 3 aliphatic rings. The van der Waals surface area contributed by atoms with E-state index >= 15 is 0 Å². The van der Waals surface area contributed by atoms with E-state index in [0.717, 1.165) is 49.0 Å². The summed E-state index contributed by atoms with van der Waals surface area (Å²) >= 11 is 0.698. The van der Waals surface area contributed by atoms with Gasteiger partial charge in [-0.3, -0.25) is 9.78 Å². The van der Waals surface area contributed by atoms with Crippen LogP contribution in [0.4, 0.5) is 0 Å². The highest BCUT2D eigenvalue weighted by Crippen LogP contribution is 2.61. The van der Waals surface area contributed by atoms with E-state index in [4.69, 9.17) is 10.1 Å². The Hall–Kier alpha value is -2.19. The molecule has 0 spiro atoms. The van der Waals surface area contributed by atoms with Crippen molar-refractivity contribution in [3.63, 3.8) is 0 Å². The SMILES string of the molecule is C[C@]12CCC3c4ccc(OSOON)cc4CCC3C1C/C(=C\c1ccncc1)C2=O. The highest BCUT2D eigenvalue weighted by atomic mass is 32.2. The molecule has 0 aliphatic heterocycles. The number of nitrogens with two attached hydrogens (primary N) is 1. The van der Waals surface area contributed by atoms with Gasteiger partial charge in [-0.2, -0.15) is 5.90 Å². The molecule has 0 amide bonds. The molecule has 0 bridgehead atoms. The van der Waals surface area contributed by atoms with E-state index in [1.165, 1.54) is 11.1 Å². The molecule has 4 atom stereocenters. The summed E-state index contributed by atoms with van der Waals surface area (Å²) in [5.41, 5.74) is 4.53. The molecule has 5 rings (SSSR count). The summed E-state index contributed by atoms with van der Waals surface area (Å²) in [6.07, 6.45) is 10.6. The average molecular weight is 439 g/mol. The van der Waals surface area contributed by atoms with Gasteiger partial charge >= 0.3 is 0 Å². The third-order valence-electron chi connectivity index (χ3n) is 7.58. The van der Waals surface area contributed by atoms with Crippen molar-refractivity contribution in [2.75, 3.05) is 0 Å².